The molecule has 2 aromatic heterocycles. The van der Waals surface area contributed by atoms with Gasteiger partial charge in [0.05, 0.1) is 11.9 Å². The van der Waals surface area contributed by atoms with Crippen LogP contribution < -0.4 is 10.9 Å². The summed E-state index contributed by atoms with van der Waals surface area (Å²) in [7, 11) is 2.16. The van der Waals surface area contributed by atoms with E-state index in [1.165, 1.54) is 30.6 Å². The first-order chi connectivity index (χ1) is 11.0. The first kappa shape index (κ1) is 15.3. The van der Waals surface area contributed by atoms with Gasteiger partial charge in [0.1, 0.15) is 10.7 Å². The molecule has 2 aliphatic rings. The van der Waals surface area contributed by atoms with Crippen LogP contribution in [0.3, 0.4) is 0 Å². The van der Waals surface area contributed by atoms with Gasteiger partial charge in [0, 0.05) is 23.0 Å². The second kappa shape index (κ2) is 5.69. The Labute approximate surface area is 140 Å². The lowest BCUT2D eigenvalue weighted by Crippen LogP contribution is -2.46. The number of H-pyrrole nitrogens is 1. The Bertz CT molecular complexity index is 784. The van der Waals surface area contributed by atoms with E-state index in [1.54, 1.807) is 11.3 Å². The van der Waals surface area contributed by atoms with Crippen LogP contribution in [0.4, 0.5) is 0 Å². The fourth-order valence-electron chi connectivity index (χ4n) is 4.13. The van der Waals surface area contributed by atoms with Crippen molar-refractivity contribution < 1.29 is 0 Å². The van der Waals surface area contributed by atoms with Crippen molar-refractivity contribution >= 4 is 21.6 Å². The smallest absolute Gasteiger partial charge is 0.259 e. The molecule has 2 saturated heterocycles. The Morgan fingerprint density at radius 1 is 1.26 bits per heavy atom. The lowest BCUT2D eigenvalue weighted by atomic mass is 9.98. The van der Waals surface area contributed by atoms with Crippen molar-refractivity contribution in [3.8, 4) is 0 Å². The molecule has 2 bridgehead atoms. The second-order valence-corrected chi connectivity index (χ2v) is 8.36. The molecule has 2 aromatic rings. The van der Waals surface area contributed by atoms with Crippen LogP contribution in [0, 0.1) is 13.8 Å². The summed E-state index contributed by atoms with van der Waals surface area (Å²) in [5, 5.41) is 4.45. The summed E-state index contributed by atoms with van der Waals surface area (Å²) in [5.74, 6) is 0.789. The highest BCUT2D eigenvalue weighted by atomic mass is 32.1. The molecule has 4 heterocycles. The van der Waals surface area contributed by atoms with E-state index in [0.29, 0.717) is 24.7 Å². The summed E-state index contributed by atoms with van der Waals surface area (Å²) in [6.07, 6.45) is 5.03. The first-order valence-corrected chi connectivity index (χ1v) is 9.28. The quantitative estimate of drug-likeness (QED) is 0.905. The molecular weight excluding hydrogens is 308 g/mol. The molecule has 0 radical (unpaired) electrons. The number of aromatic nitrogens is 2. The van der Waals surface area contributed by atoms with Crippen molar-refractivity contribution in [2.24, 2.45) is 0 Å². The van der Waals surface area contributed by atoms with Crippen LogP contribution in [-0.4, -0.2) is 40.0 Å². The maximum absolute atomic E-state index is 12.4. The third-order valence-corrected chi connectivity index (χ3v) is 6.66. The van der Waals surface area contributed by atoms with Gasteiger partial charge in [0.2, 0.25) is 0 Å². The van der Waals surface area contributed by atoms with E-state index in [1.807, 2.05) is 6.92 Å². The van der Waals surface area contributed by atoms with Gasteiger partial charge in [-0.05, 0) is 52.1 Å². The van der Waals surface area contributed by atoms with E-state index >= 15 is 0 Å². The van der Waals surface area contributed by atoms with E-state index in [-0.39, 0.29) is 5.56 Å². The predicted molar refractivity (Wildman–Crippen MR) is 94.1 cm³/mol. The maximum atomic E-state index is 12.4. The maximum Gasteiger partial charge on any atom is 0.259 e. The number of nitrogens with one attached hydrogen (secondary N) is 2. The van der Waals surface area contributed by atoms with E-state index in [0.717, 1.165) is 21.6 Å². The number of aryl methyl sites for hydroxylation is 2. The molecule has 0 saturated carbocycles. The van der Waals surface area contributed by atoms with Crippen molar-refractivity contribution in [3.63, 3.8) is 0 Å². The Balaban J connectivity index is 1.56. The molecular formula is C17H24N4OS. The van der Waals surface area contributed by atoms with Gasteiger partial charge in [0.15, 0.2) is 0 Å². The molecule has 6 heteroatoms. The molecule has 2 unspecified atom stereocenters. The molecule has 0 aromatic carbocycles. The SMILES string of the molecule is Cc1sc2nc(CN(C)C3CC4CCC(C3)N4)[nH]c(=O)c2c1C. The van der Waals surface area contributed by atoms with Crippen LogP contribution in [0.15, 0.2) is 4.79 Å². The minimum absolute atomic E-state index is 0.00521. The van der Waals surface area contributed by atoms with Crippen molar-refractivity contribution in [1.29, 1.82) is 0 Å². The van der Waals surface area contributed by atoms with Crippen LogP contribution in [0.5, 0.6) is 0 Å². The van der Waals surface area contributed by atoms with Gasteiger partial charge in [-0.15, -0.1) is 11.3 Å². The highest BCUT2D eigenvalue weighted by Crippen LogP contribution is 2.30. The monoisotopic (exact) mass is 332 g/mol. The molecule has 5 nitrogen and oxygen atoms in total. The molecule has 2 N–H and O–H groups in total. The number of nitrogens with zero attached hydrogens (tertiary/aromatic N) is 2. The van der Waals surface area contributed by atoms with Crippen LogP contribution in [-0.2, 0) is 6.54 Å². The van der Waals surface area contributed by atoms with Crippen molar-refractivity contribution in [2.45, 2.75) is 64.2 Å². The summed E-state index contributed by atoms with van der Waals surface area (Å²) in [4.78, 5) is 24.5. The molecule has 2 atom stereocenters. The van der Waals surface area contributed by atoms with Gasteiger partial charge in [-0.1, -0.05) is 0 Å². The number of hydrogen-bond acceptors (Lipinski definition) is 5. The van der Waals surface area contributed by atoms with Crippen LogP contribution in [0.1, 0.15) is 41.9 Å². The lowest BCUT2D eigenvalue weighted by molar-refractivity contribution is 0.163. The Morgan fingerprint density at radius 3 is 2.65 bits per heavy atom. The van der Waals surface area contributed by atoms with Gasteiger partial charge < -0.3 is 10.3 Å². The number of fused-ring (bicyclic) bond motifs is 3. The molecule has 4 rings (SSSR count). The third kappa shape index (κ3) is 2.73. The second-order valence-electron chi connectivity index (χ2n) is 7.15. The van der Waals surface area contributed by atoms with Crippen molar-refractivity contribution in [3.05, 3.63) is 26.6 Å². The van der Waals surface area contributed by atoms with Gasteiger partial charge in [-0.2, -0.15) is 0 Å². The molecule has 2 fully saturated rings. The standard InChI is InChI=1S/C17H24N4OS/c1-9-10(2)23-17-15(9)16(22)19-14(20-17)8-21(3)13-6-11-4-5-12(7-13)18-11/h11-13,18H,4-8H2,1-3H3,(H,19,20,22). The van der Waals surface area contributed by atoms with E-state index in [4.69, 9.17) is 4.98 Å². The molecule has 0 aliphatic carbocycles. The van der Waals surface area contributed by atoms with Crippen LogP contribution >= 0.6 is 11.3 Å². The summed E-state index contributed by atoms with van der Waals surface area (Å²) in [6, 6.07) is 1.94. The highest BCUT2D eigenvalue weighted by molar-refractivity contribution is 7.18. The minimum Gasteiger partial charge on any atom is -0.311 e. The van der Waals surface area contributed by atoms with Crippen LogP contribution in [0.2, 0.25) is 0 Å². The lowest BCUT2D eigenvalue weighted by Gasteiger charge is -2.35. The fourth-order valence-corrected chi connectivity index (χ4v) is 5.18. The van der Waals surface area contributed by atoms with Gasteiger partial charge in [-0.25, -0.2) is 4.98 Å². The topological polar surface area (TPSA) is 61.0 Å². The van der Waals surface area contributed by atoms with E-state index in [9.17, 15) is 4.79 Å². The van der Waals surface area contributed by atoms with Crippen molar-refractivity contribution in [1.82, 2.24) is 20.2 Å². The Morgan fingerprint density at radius 2 is 1.96 bits per heavy atom. The third-order valence-electron chi connectivity index (χ3n) is 5.56. The largest absolute Gasteiger partial charge is 0.311 e. The summed E-state index contributed by atoms with van der Waals surface area (Å²) in [6.45, 7) is 4.77. The zero-order valence-corrected chi connectivity index (χ0v) is 14.8. The minimum atomic E-state index is 0.00521. The Kier molecular flexibility index (Phi) is 3.78. The first-order valence-electron chi connectivity index (χ1n) is 8.46. The van der Waals surface area contributed by atoms with Gasteiger partial charge in [-0.3, -0.25) is 9.69 Å². The molecule has 2 aliphatic heterocycles. The predicted octanol–water partition coefficient (Wildman–Crippen LogP) is 2.32. The normalized spacial score (nSPS) is 27.2. The summed E-state index contributed by atoms with van der Waals surface area (Å²) >= 11 is 1.62. The Hall–Kier alpha value is -1.24. The number of piperidine rings is 1. The van der Waals surface area contributed by atoms with Crippen molar-refractivity contribution in [2.75, 3.05) is 7.05 Å². The average Bonchev–Trinajstić information content (AvgIpc) is 2.98. The number of thiophene rings is 1. The zero-order valence-electron chi connectivity index (χ0n) is 14.0. The molecule has 0 amide bonds. The molecule has 124 valence electrons. The number of rotatable bonds is 3. The fraction of sp³-hybridized carbons (Fsp3) is 0.647. The van der Waals surface area contributed by atoms with Gasteiger partial charge >= 0.3 is 0 Å². The van der Waals surface area contributed by atoms with Crippen LogP contribution in [0.25, 0.3) is 10.2 Å². The highest BCUT2D eigenvalue weighted by Gasteiger charge is 2.35. The molecule has 0 spiro atoms. The average molecular weight is 332 g/mol. The molecule has 23 heavy (non-hydrogen) atoms. The summed E-state index contributed by atoms with van der Waals surface area (Å²) in [5.41, 5.74) is 1.07. The number of aromatic amines is 1. The van der Waals surface area contributed by atoms with E-state index < -0.39 is 0 Å². The zero-order chi connectivity index (χ0) is 16.1. The van der Waals surface area contributed by atoms with Gasteiger partial charge in [0.25, 0.3) is 5.56 Å². The number of hydrogen-bond donors (Lipinski definition) is 2. The van der Waals surface area contributed by atoms with E-state index in [2.05, 4.69) is 29.2 Å². The summed E-state index contributed by atoms with van der Waals surface area (Å²) < 4.78 is 0.